The Labute approximate surface area is 317 Å². The van der Waals surface area contributed by atoms with E-state index >= 15 is 0 Å². The number of sulfonamides is 1. The number of hydrogen-bond donors (Lipinski definition) is 3. The second kappa shape index (κ2) is 15.4. The number of allylic oxidation sites excluding steroid dienone is 1. The molecule has 1 aromatic carbocycles. The Morgan fingerprint density at radius 3 is 2.56 bits per heavy atom. The van der Waals surface area contributed by atoms with Gasteiger partial charge in [-0.2, -0.15) is 0 Å². The number of benzene rings is 1. The molecular formula is C39H53N5O9S. The lowest BCUT2D eigenvalue weighted by Gasteiger charge is -2.34. The van der Waals surface area contributed by atoms with E-state index in [4.69, 9.17) is 14.2 Å². The summed E-state index contributed by atoms with van der Waals surface area (Å²) in [5.74, 6) is -1.46. The number of carbonyl (C=O) groups is 4. The highest BCUT2D eigenvalue weighted by molar-refractivity contribution is 7.91. The maximum absolute atomic E-state index is 14.9. The number of rotatable bonds is 8. The normalized spacial score (nSPS) is 29.8. The van der Waals surface area contributed by atoms with E-state index in [1.165, 1.54) is 4.90 Å². The fourth-order valence-electron chi connectivity index (χ4n) is 7.66. The van der Waals surface area contributed by atoms with Crippen molar-refractivity contribution in [1.29, 1.82) is 0 Å². The van der Waals surface area contributed by atoms with Crippen molar-refractivity contribution < 1.29 is 41.8 Å². The molecule has 7 atom stereocenters. The summed E-state index contributed by atoms with van der Waals surface area (Å²) in [6.45, 7) is 9.28. The van der Waals surface area contributed by atoms with Crippen LogP contribution in [0.15, 0.2) is 42.6 Å². The third-order valence-electron chi connectivity index (χ3n) is 10.9. The van der Waals surface area contributed by atoms with E-state index in [1.54, 1.807) is 40.1 Å². The highest BCUT2D eigenvalue weighted by Gasteiger charge is 2.62. The lowest BCUT2D eigenvalue weighted by Crippen LogP contribution is -2.59. The maximum atomic E-state index is 14.9. The molecule has 0 bridgehead atoms. The monoisotopic (exact) mass is 767 g/mol. The van der Waals surface area contributed by atoms with Crippen LogP contribution < -0.4 is 24.8 Å². The van der Waals surface area contributed by atoms with Crippen LogP contribution in [0.25, 0.3) is 10.8 Å². The average Bonchev–Trinajstić information content (AvgIpc) is 4.03. The largest absolute Gasteiger partial charge is 0.497 e. The molecule has 6 rings (SSSR count). The van der Waals surface area contributed by atoms with Crippen molar-refractivity contribution in [2.45, 2.75) is 121 Å². The average molecular weight is 768 g/mol. The molecule has 3 fully saturated rings. The number of nitrogens with zero attached hydrogens (tertiary/aromatic N) is 2. The van der Waals surface area contributed by atoms with Crippen LogP contribution in [0.3, 0.4) is 0 Å². The molecule has 54 heavy (non-hydrogen) atoms. The highest BCUT2D eigenvalue weighted by Crippen LogP contribution is 2.46. The van der Waals surface area contributed by atoms with Gasteiger partial charge in [0.1, 0.15) is 35.1 Å². The quantitative estimate of drug-likeness (QED) is 0.327. The van der Waals surface area contributed by atoms with E-state index < -0.39 is 74.3 Å². The summed E-state index contributed by atoms with van der Waals surface area (Å²) in [7, 11) is -2.32. The van der Waals surface area contributed by atoms with Crippen molar-refractivity contribution in [2.75, 3.05) is 13.7 Å². The molecule has 1 saturated heterocycles. The Kier molecular flexibility index (Phi) is 11.2. The summed E-state index contributed by atoms with van der Waals surface area (Å²) in [5.41, 5.74) is -2.33. The summed E-state index contributed by atoms with van der Waals surface area (Å²) in [4.78, 5) is 62.3. The van der Waals surface area contributed by atoms with Crippen LogP contribution in [0.5, 0.6) is 11.6 Å². The van der Waals surface area contributed by atoms with Gasteiger partial charge in [-0.3, -0.25) is 19.1 Å². The highest BCUT2D eigenvalue weighted by atomic mass is 32.2. The molecule has 3 N–H and O–H groups in total. The van der Waals surface area contributed by atoms with Crippen LogP contribution in [0.4, 0.5) is 4.79 Å². The van der Waals surface area contributed by atoms with Gasteiger partial charge in [0.2, 0.25) is 27.7 Å². The van der Waals surface area contributed by atoms with Gasteiger partial charge in [-0.25, -0.2) is 18.2 Å². The molecule has 0 radical (unpaired) electrons. The smallest absolute Gasteiger partial charge is 0.408 e. The number of alkyl carbamates (subject to hydrolysis) is 1. The molecular weight excluding hydrogens is 715 g/mol. The maximum Gasteiger partial charge on any atom is 0.408 e. The van der Waals surface area contributed by atoms with E-state index in [0.717, 1.165) is 11.8 Å². The Morgan fingerprint density at radius 1 is 1.11 bits per heavy atom. The Bertz CT molecular complexity index is 1910. The van der Waals surface area contributed by atoms with E-state index in [1.807, 2.05) is 37.3 Å². The van der Waals surface area contributed by atoms with Gasteiger partial charge in [0.05, 0.1) is 18.9 Å². The molecule has 2 saturated carbocycles. The van der Waals surface area contributed by atoms with E-state index in [2.05, 4.69) is 27.3 Å². The van der Waals surface area contributed by atoms with Gasteiger partial charge in [-0.1, -0.05) is 32.4 Å². The van der Waals surface area contributed by atoms with Crippen molar-refractivity contribution in [3.05, 3.63) is 42.6 Å². The molecule has 2 aromatic rings. The first-order chi connectivity index (χ1) is 25.5. The van der Waals surface area contributed by atoms with Gasteiger partial charge >= 0.3 is 6.09 Å². The first kappa shape index (κ1) is 39.3. The van der Waals surface area contributed by atoms with E-state index in [-0.39, 0.29) is 31.2 Å². The van der Waals surface area contributed by atoms with Gasteiger partial charge in [0.25, 0.3) is 5.91 Å². The fraction of sp³-hybridized carbons (Fsp3) is 0.615. The molecule has 3 heterocycles. The van der Waals surface area contributed by atoms with Crippen molar-refractivity contribution in [3.63, 3.8) is 0 Å². The number of nitrogens with one attached hydrogen (secondary N) is 3. The summed E-state index contributed by atoms with van der Waals surface area (Å²) < 4.78 is 45.4. The second-order valence-electron chi connectivity index (χ2n) is 16.3. The number of pyridine rings is 1. The van der Waals surface area contributed by atoms with Crippen LogP contribution in [0, 0.1) is 17.8 Å². The molecule has 0 unspecified atom stereocenters. The van der Waals surface area contributed by atoms with Crippen molar-refractivity contribution in [2.24, 2.45) is 17.8 Å². The summed E-state index contributed by atoms with van der Waals surface area (Å²) in [5, 5.41) is 6.66. The third-order valence-corrected chi connectivity index (χ3v) is 12.7. The fourth-order valence-corrected chi connectivity index (χ4v) is 9.02. The molecule has 2 aliphatic carbocycles. The molecule has 15 heteroatoms. The van der Waals surface area contributed by atoms with Crippen LogP contribution >= 0.6 is 0 Å². The summed E-state index contributed by atoms with van der Waals surface area (Å²) >= 11 is 0. The predicted molar refractivity (Wildman–Crippen MR) is 201 cm³/mol. The number of amides is 4. The summed E-state index contributed by atoms with van der Waals surface area (Å²) in [6, 6.07) is 5.16. The molecule has 14 nitrogen and oxygen atoms in total. The Balaban J connectivity index is 1.36. The number of fused-ring (bicyclic) bond motifs is 3. The van der Waals surface area contributed by atoms with Crippen molar-refractivity contribution in [1.82, 2.24) is 25.2 Å². The zero-order valence-electron chi connectivity index (χ0n) is 31.9. The Morgan fingerprint density at radius 2 is 1.87 bits per heavy atom. The molecule has 2 aliphatic heterocycles. The molecule has 294 valence electrons. The van der Waals surface area contributed by atoms with Crippen LogP contribution in [-0.2, 0) is 29.1 Å². The van der Waals surface area contributed by atoms with Gasteiger partial charge < -0.3 is 29.7 Å². The van der Waals surface area contributed by atoms with Crippen LogP contribution in [0.2, 0.25) is 0 Å². The van der Waals surface area contributed by atoms with Gasteiger partial charge in [0.15, 0.2) is 0 Å². The van der Waals surface area contributed by atoms with Gasteiger partial charge in [0, 0.05) is 23.9 Å². The SMILES string of the molecule is CC[C@@H]1C[C@H](C)CC/C=C\[C@@H]2C[C@@]2(C(=O)NS(=O)(=O)C2CC2)NC(=O)[C@@H]2C[C@@H](Oc3nccc4cc(OC)ccc34)CN2C(=O)[C@H]1NC(=O)OC(C)(C)C. The standard InChI is InChI=1S/C39H53N5O9S/c1-7-24-18-23(2)10-8-9-11-26-21-39(26,36(47)43-54(49,50)29-13-14-29)42-33(45)31-20-28(22-44(31)35(46)32(24)41-37(48)53-38(3,4)5)52-34-30-15-12-27(51-6)19-25(30)16-17-40-34/h9,11-12,15-17,19,23-24,26,28-29,31-32H,7-8,10,13-14,18,20-22H2,1-6H3,(H,41,48)(H,42,45)(H,43,47)/b11-9-/t23-,24-,26-,28-,31+,32+,39-/m1/s1. The zero-order valence-corrected chi connectivity index (χ0v) is 32.7. The summed E-state index contributed by atoms with van der Waals surface area (Å²) in [6.07, 6.45) is 7.88. The third kappa shape index (κ3) is 8.76. The number of methoxy groups -OCH3 is 1. The lowest BCUT2D eigenvalue weighted by molar-refractivity contribution is -0.142. The van der Waals surface area contributed by atoms with Crippen molar-refractivity contribution >= 4 is 44.6 Å². The first-order valence-electron chi connectivity index (χ1n) is 19.0. The molecule has 1 aromatic heterocycles. The minimum absolute atomic E-state index is 0.0117. The topological polar surface area (TPSA) is 182 Å². The number of carbonyl (C=O) groups excluding carboxylic acids is 4. The van der Waals surface area contributed by atoms with Gasteiger partial charge in [-0.15, -0.1) is 0 Å². The van der Waals surface area contributed by atoms with E-state index in [9.17, 15) is 27.6 Å². The minimum Gasteiger partial charge on any atom is -0.497 e. The molecule has 4 aliphatic rings. The zero-order chi connectivity index (χ0) is 39.0. The molecule has 4 amide bonds. The number of hydrogen-bond acceptors (Lipinski definition) is 10. The second-order valence-corrected chi connectivity index (χ2v) is 18.2. The minimum atomic E-state index is -3.90. The number of aromatic nitrogens is 1. The predicted octanol–water partition coefficient (Wildman–Crippen LogP) is 4.37. The van der Waals surface area contributed by atoms with Crippen molar-refractivity contribution in [3.8, 4) is 11.6 Å². The number of ether oxygens (including phenoxy) is 3. The van der Waals surface area contributed by atoms with E-state index in [0.29, 0.717) is 49.1 Å². The first-order valence-corrected chi connectivity index (χ1v) is 20.5. The Hall–Kier alpha value is -4.40. The molecule has 0 spiro atoms. The van der Waals surface area contributed by atoms with Crippen LogP contribution in [0.1, 0.15) is 86.0 Å². The van der Waals surface area contributed by atoms with Gasteiger partial charge in [-0.05, 0) is 101 Å². The lowest BCUT2D eigenvalue weighted by atomic mass is 9.85. The van der Waals surface area contributed by atoms with Crippen LogP contribution in [-0.4, -0.2) is 90.3 Å².